The van der Waals surface area contributed by atoms with Crippen molar-refractivity contribution in [3.05, 3.63) is 0 Å². The highest BCUT2D eigenvalue weighted by atomic mass is 17.1. The molecule has 0 radical (unpaired) electrons. The fourth-order valence-electron chi connectivity index (χ4n) is 3.64. The van der Waals surface area contributed by atoms with E-state index in [2.05, 4.69) is 11.8 Å². The van der Waals surface area contributed by atoms with Gasteiger partial charge in [-0.1, -0.05) is 26.2 Å². The molecule has 0 amide bonds. The zero-order chi connectivity index (χ0) is 22.7. The first-order valence-electron chi connectivity index (χ1n) is 11.8. The molecule has 0 aromatic rings. The van der Waals surface area contributed by atoms with Gasteiger partial charge in [0, 0.05) is 19.4 Å². The Kier molecular flexibility index (Phi) is 15.8. The molecule has 1 aliphatic heterocycles. The van der Waals surface area contributed by atoms with Crippen LogP contribution in [-0.4, -0.2) is 49.1 Å². The molecular weight excluding hydrogens is 404 g/mol. The first-order valence-corrected chi connectivity index (χ1v) is 11.8. The molecule has 31 heavy (non-hydrogen) atoms. The Morgan fingerprint density at radius 2 is 1.58 bits per heavy atom. The van der Waals surface area contributed by atoms with Crippen molar-refractivity contribution in [2.45, 2.75) is 103 Å². The third-order valence-corrected chi connectivity index (χ3v) is 5.48. The van der Waals surface area contributed by atoms with Crippen molar-refractivity contribution in [3.8, 4) is 0 Å². The van der Waals surface area contributed by atoms with Crippen molar-refractivity contribution in [1.82, 2.24) is 0 Å². The first kappa shape index (κ1) is 27.4. The van der Waals surface area contributed by atoms with Crippen molar-refractivity contribution in [2.75, 3.05) is 19.8 Å². The Morgan fingerprint density at radius 3 is 2.16 bits per heavy atom. The van der Waals surface area contributed by atoms with Crippen molar-refractivity contribution in [3.63, 3.8) is 0 Å². The second kappa shape index (κ2) is 18.0. The number of esters is 2. The summed E-state index contributed by atoms with van der Waals surface area (Å²) in [6.07, 6.45) is 10.5. The topological polar surface area (TPSA) is 108 Å². The lowest BCUT2D eigenvalue weighted by Gasteiger charge is -2.17. The van der Waals surface area contributed by atoms with Crippen LogP contribution in [0.1, 0.15) is 96.8 Å². The molecule has 8 nitrogen and oxygen atoms in total. The highest BCUT2D eigenvalue weighted by Crippen LogP contribution is 2.24. The van der Waals surface area contributed by atoms with E-state index in [1.165, 1.54) is 6.42 Å². The summed E-state index contributed by atoms with van der Waals surface area (Å²) >= 11 is 0. The van der Waals surface area contributed by atoms with Crippen LogP contribution in [0.2, 0.25) is 0 Å². The van der Waals surface area contributed by atoms with E-state index in [4.69, 9.17) is 19.5 Å². The normalized spacial score (nSPS) is 16.6. The third kappa shape index (κ3) is 14.1. The number of hydrogen-bond donors (Lipinski definition) is 1. The fraction of sp³-hybridized carbons (Fsp3) is 0.870. The molecule has 1 fully saturated rings. The van der Waals surface area contributed by atoms with E-state index in [0.29, 0.717) is 51.9 Å². The van der Waals surface area contributed by atoms with Crippen LogP contribution in [-0.2, 0) is 33.5 Å². The smallest absolute Gasteiger partial charge is 0.345 e. The second-order valence-electron chi connectivity index (χ2n) is 8.18. The van der Waals surface area contributed by atoms with Crippen LogP contribution >= 0.6 is 0 Å². The molecule has 0 aromatic heterocycles. The predicted octanol–water partition coefficient (Wildman–Crippen LogP) is 4.59. The van der Waals surface area contributed by atoms with E-state index in [1.807, 2.05) is 0 Å². The minimum absolute atomic E-state index is 0.00870. The Bertz CT molecular complexity index is 502. The summed E-state index contributed by atoms with van der Waals surface area (Å²) in [4.78, 5) is 39.1. The lowest BCUT2D eigenvalue weighted by Crippen LogP contribution is -2.22. The Labute approximate surface area is 185 Å². The quantitative estimate of drug-likeness (QED) is 0.108. The minimum Gasteiger partial charge on any atom is -0.466 e. The molecule has 0 aliphatic carbocycles. The molecule has 8 heteroatoms. The highest BCUT2D eigenvalue weighted by Gasteiger charge is 2.27. The molecule has 0 aromatic carbocycles. The van der Waals surface area contributed by atoms with Gasteiger partial charge in [0.1, 0.15) is 0 Å². The van der Waals surface area contributed by atoms with Gasteiger partial charge in [-0.2, -0.15) is 5.26 Å². The molecule has 1 N–H and O–H groups in total. The van der Waals surface area contributed by atoms with Gasteiger partial charge in [-0.3, -0.25) is 9.59 Å². The van der Waals surface area contributed by atoms with Crippen molar-refractivity contribution in [1.29, 1.82) is 0 Å². The van der Waals surface area contributed by atoms with E-state index >= 15 is 0 Å². The summed E-state index contributed by atoms with van der Waals surface area (Å²) in [7, 11) is 0. The monoisotopic (exact) mass is 444 g/mol. The molecule has 180 valence electrons. The van der Waals surface area contributed by atoms with Crippen molar-refractivity contribution < 1.29 is 38.7 Å². The zero-order valence-corrected chi connectivity index (χ0v) is 19.0. The molecule has 1 heterocycles. The van der Waals surface area contributed by atoms with Gasteiger partial charge in [-0.15, -0.1) is 0 Å². The summed E-state index contributed by atoms with van der Waals surface area (Å²) in [5, 5.41) is 8.67. The standard InChI is InChI=1S/C23H40O8/c1-2-3-4-7-15-29-21(24)13-6-5-8-16-30-22(25)14-9-11-19(23(26)31-27)18-20-12-10-17-28-20/h19-20,27H,2-18H2,1H3. The summed E-state index contributed by atoms with van der Waals surface area (Å²) in [5.41, 5.74) is 0. The van der Waals surface area contributed by atoms with Gasteiger partial charge in [-0.25, -0.2) is 4.79 Å². The van der Waals surface area contributed by atoms with E-state index in [-0.39, 0.29) is 24.5 Å². The number of unbranched alkanes of at least 4 members (excludes halogenated alkanes) is 5. The van der Waals surface area contributed by atoms with Crippen LogP contribution in [0.5, 0.6) is 0 Å². The fourth-order valence-corrected chi connectivity index (χ4v) is 3.64. The van der Waals surface area contributed by atoms with Crippen molar-refractivity contribution >= 4 is 17.9 Å². The molecule has 1 rings (SSSR count). The zero-order valence-electron chi connectivity index (χ0n) is 19.0. The number of carbonyl (C=O) groups is 3. The summed E-state index contributed by atoms with van der Waals surface area (Å²) in [5.74, 6) is -1.62. The van der Waals surface area contributed by atoms with Gasteiger partial charge in [-0.05, 0) is 57.8 Å². The average molecular weight is 445 g/mol. The van der Waals surface area contributed by atoms with Crippen LogP contribution in [0.3, 0.4) is 0 Å². The van der Waals surface area contributed by atoms with Crippen LogP contribution in [0, 0.1) is 5.92 Å². The van der Waals surface area contributed by atoms with Crippen LogP contribution in [0.4, 0.5) is 0 Å². The second-order valence-corrected chi connectivity index (χ2v) is 8.18. The average Bonchev–Trinajstić information content (AvgIpc) is 3.28. The van der Waals surface area contributed by atoms with Gasteiger partial charge in [0.2, 0.25) is 0 Å². The van der Waals surface area contributed by atoms with Gasteiger partial charge in [0.15, 0.2) is 0 Å². The predicted molar refractivity (Wildman–Crippen MR) is 114 cm³/mol. The van der Waals surface area contributed by atoms with E-state index in [9.17, 15) is 14.4 Å². The Hall–Kier alpha value is -1.67. The van der Waals surface area contributed by atoms with E-state index < -0.39 is 11.9 Å². The molecule has 0 spiro atoms. The lowest BCUT2D eigenvalue weighted by molar-refractivity contribution is -0.240. The van der Waals surface area contributed by atoms with Crippen LogP contribution in [0.15, 0.2) is 0 Å². The van der Waals surface area contributed by atoms with Gasteiger partial charge >= 0.3 is 17.9 Å². The summed E-state index contributed by atoms with van der Waals surface area (Å²) < 4.78 is 15.9. The van der Waals surface area contributed by atoms with Gasteiger partial charge in [0.05, 0.1) is 25.2 Å². The Morgan fingerprint density at radius 1 is 0.935 bits per heavy atom. The number of hydrogen-bond acceptors (Lipinski definition) is 8. The lowest BCUT2D eigenvalue weighted by atomic mass is 9.94. The third-order valence-electron chi connectivity index (χ3n) is 5.48. The Balaban J connectivity index is 2.01. The molecule has 1 saturated heterocycles. The molecule has 0 saturated carbocycles. The maximum absolute atomic E-state index is 11.9. The van der Waals surface area contributed by atoms with E-state index in [0.717, 1.165) is 44.9 Å². The first-order chi connectivity index (χ1) is 15.1. The number of rotatable bonds is 18. The van der Waals surface area contributed by atoms with Crippen molar-refractivity contribution in [2.24, 2.45) is 5.92 Å². The number of ether oxygens (including phenoxy) is 3. The van der Waals surface area contributed by atoms with Crippen LogP contribution in [0.25, 0.3) is 0 Å². The maximum atomic E-state index is 11.9. The molecule has 1 aliphatic rings. The molecule has 2 unspecified atom stereocenters. The molecule has 2 atom stereocenters. The summed E-state index contributed by atoms with van der Waals surface area (Å²) in [6.45, 7) is 3.66. The highest BCUT2D eigenvalue weighted by molar-refractivity contribution is 5.72. The van der Waals surface area contributed by atoms with Gasteiger partial charge < -0.3 is 19.1 Å². The SMILES string of the molecule is CCCCCCOC(=O)CCCCCOC(=O)CCCC(CC1CCCO1)C(=O)OO. The molecular formula is C23H40O8. The molecule has 0 bridgehead atoms. The number of carbonyl (C=O) groups excluding carboxylic acids is 3. The van der Waals surface area contributed by atoms with Crippen LogP contribution < -0.4 is 0 Å². The largest absolute Gasteiger partial charge is 0.466 e. The van der Waals surface area contributed by atoms with E-state index in [1.54, 1.807) is 0 Å². The minimum atomic E-state index is -0.677. The maximum Gasteiger partial charge on any atom is 0.345 e. The summed E-state index contributed by atoms with van der Waals surface area (Å²) in [6, 6.07) is 0. The van der Waals surface area contributed by atoms with Gasteiger partial charge in [0.25, 0.3) is 0 Å².